The van der Waals surface area contributed by atoms with Crippen LogP contribution in [0.3, 0.4) is 0 Å². The van der Waals surface area contributed by atoms with Crippen LogP contribution in [0.2, 0.25) is 5.02 Å². The van der Waals surface area contributed by atoms with Crippen molar-refractivity contribution in [2.45, 2.75) is 44.2 Å². The van der Waals surface area contributed by atoms with E-state index in [9.17, 15) is 9.59 Å². The molecule has 1 saturated carbocycles. The van der Waals surface area contributed by atoms with Crippen LogP contribution in [0.5, 0.6) is 0 Å². The topological polar surface area (TPSA) is 100 Å². The number of rotatable bonds is 6. The van der Waals surface area contributed by atoms with Crippen LogP contribution in [0, 0.1) is 0 Å². The quantitative estimate of drug-likeness (QED) is 0.316. The first-order valence-electron chi connectivity index (χ1n) is 12.7. The Hall–Kier alpha value is -4.11. The van der Waals surface area contributed by atoms with Crippen molar-refractivity contribution in [1.82, 2.24) is 14.9 Å². The molecule has 0 N–H and O–H groups in total. The fourth-order valence-electron chi connectivity index (χ4n) is 5.44. The number of anilines is 1. The first-order valence-corrected chi connectivity index (χ1v) is 13.1. The van der Waals surface area contributed by atoms with Crippen LogP contribution in [0.1, 0.15) is 43.5 Å². The molecular formula is C29H27ClN6O3. The van der Waals surface area contributed by atoms with Gasteiger partial charge in [-0.15, -0.1) is 0 Å². The van der Waals surface area contributed by atoms with E-state index in [1.165, 1.54) is 6.34 Å². The lowest BCUT2D eigenvalue weighted by atomic mass is 9.75. The van der Waals surface area contributed by atoms with E-state index in [0.717, 1.165) is 46.0 Å². The Labute approximate surface area is 230 Å². The molecule has 2 aromatic heterocycles. The van der Waals surface area contributed by atoms with Crippen LogP contribution in [0.4, 0.5) is 10.5 Å². The fraction of sp³-hybridized carbons (Fsp3) is 0.310. The second-order valence-corrected chi connectivity index (χ2v) is 11.0. The van der Waals surface area contributed by atoms with Gasteiger partial charge in [0.25, 0.3) is 0 Å². The lowest BCUT2D eigenvalue weighted by Crippen LogP contribution is -2.65. The second kappa shape index (κ2) is 9.27. The van der Waals surface area contributed by atoms with E-state index in [4.69, 9.17) is 21.3 Å². The van der Waals surface area contributed by atoms with E-state index >= 15 is 0 Å². The number of carbonyl (C=O) groups excluding carboxylic acids is 2. The molecule has 0 atom stereocenters. The summed E-state index contributed by atoms with van der Waals surface area (Å²) in [7, 11) is 0. The number of nitrogens with zero attached hydrogens (tertiary/aromatic N) is 6. The number of aliphatic imine (C=N–C) groups is 2. The Morgan fingerprint density at radius 3 is 2.79 bits per heavy atom. The normalized spacial score (nSPS) is 18.9. The van der Waals surface area contributed by atoms with Crippen LogP contribution in [-0.2, 0) is 21.5 Å². The minimum atomic E-state index is -0.822. The maximum Gasteiger partial charge on any atom is 0.410 e. The monoisotopic (exact) mass is 542 g/mol. The molecule has 0 bridgehead atoms. The molecule has 2 aliphatic heterocycles. The van der Waals surface area contributed by atoms with E-state index in [1.54, 1.807) is 34.6 Å². The lowest BCUT2D eigenvalue weighted by Gasteiger charge is -2.46. The third-order valence-electron chi connectivity index (χ3n) is 7.78. The molecule has 1 aliphatic carbocycles. The number of hydrogen-bond acceptors (Lipinski definition) is 6. The van der Waals surface area contributed by atoms with Gasteiger partial charge in [0.2, 0.25) is 5.91 Å². The van der Waals surface area contributed by atoms with Gasteiger partial charge in [0.05, 0.1) is 24.1 Å². The molecule has 6 rings (SSSR count). The van der Waals surface area contributed by atoms with Crippen molar-refractivity contribution in [2.24, 2.45) is 9.98 Å². The van der Waals surface area contributed by atoms with Gasteiger partial charge in [-0.05, 0) is 68.1 Å². The fourth-order valence-corrected chi connectivity index (χ4v) is 5.62. The van der Waals surface area contributed by atoms with Crippen molar-refractivity contribution in [3.05, 3.63) is 70.9 Å². The van der Waals surface area contributed by atoms with E-state index < -0.39 is 5.41 Å². The largest absolute Gasteiger partial charge is 0.443 e. The van der Waals surface area contributed by atoms with Crippen molar-refractivity contribution in [1.29, 1.82) is 0 Å². The van der Waals surface area contributed by atoms with Crippen molar-refractivity contribution in [2.75, 3.05) is 18.0 Å². The van der Waals surface area contributed by atoms with Crippen molar-refractivity contribution >= 4 is 58.7 Å². The number of carbonyl (C=O) groups is 2. The molecule has 1 aromatic carbocycles. The van der Waals surface area contributed by atoms with Gasteiger partial charge >= 0.3 is 6.09 Å². The molecule has 39 heavy (non-hydrogen) atoms. The molecule has 1 saturated heterocycles. The Kier molecular flexibility index (Phi) is 5.99. The molecular weight excluding hydrogens is 516 g/mol. The van der Waals surface area contributed by atoms with Gasteiger partial charge in [-0.1, -0.05) is 17.7 Å². The smallest absolute Gasteiger partial charge is 0.410 e. The third kappa shape index (κ3) is 4.27. The summed E-state index contributed by atoms with van der Waals surface area (Å²) in [4.78, 5) is 47.0. The summed E-state index contributed by atoms with van der Waals surface area (Å²) in [5, 5.41) is 2.43. The van der Waals surface area contributed by atoms with Gasteiger partial charge < -0.3 is 14.5 Å². The van der Waals surface area contributed by atoms with Gasteiger partial charge in [-0.25, -0.2) is 9.79 Å². The lowest BCUT2D eigenvalue weighted by molar-refractivity contribution is -0.128. The van der Waals surface area contributed by atoms with Crippen LogP contribution in [0.15, 0.2) is 59.0 Å². The molecule has 9 nitrogen and oxygen atoms in total. The molecule has 0 unspecified atom stereocenters. The minimum Gasteiger partial charge on any atom is -0.443 e. The summed E-state index contributed by atoms with van der Waals surface area (Å²) in [6.45, 7) is 8.07. The maximum atomic E-state index is 14.1. The number of likely N-dealkylation sites (tertiary alicyclic amines) is 1. The zero-order valence-electron chi connectivity index (χ0n) is 21.7. The van der Waals surface area contributed by atoms with E-state index in [0.29, 0.717) is 10.7 Å². The molecule has 3 aromatic rings. The second-order valence-electron chi connectivity index (χ2n) is 10.6. The molecule has 4 heterocycles. The highest BCUT2D eigenvalue weighted by Gasteiger charge is 2.60. The van der Waals surface area contributed by atoms with Gasteiger partial charge in [-0.3, -0.25) is 19.8 Å². The first kappa shape index (κ1) is 25.2. The summed E-state index contributed by atoms with van der Waals surface area (Å²) in [6, 6.07) is 7.51. The number of hydrogen-bond donors (Lipinski definition) is 0. The standard InChI is InChI=1S/C29H27ClN6O3/c1-18(11-33-17-31-3)25-21-5-4-20(30)10-19(21)12-34-23(25)14-36-24-13-32-9-6-22(24)29(26(36)37)15-35(16-29)27(38)39-28(2)7-8-28/h4-6,9-13,17H,3,7-8,14-16H2,1-2H3/b18-11+,33-17?. The molecule has 1 spiro atoms. The number of allylic oxidation sites excluding steroid dienone is 1. The molecule has 2 fully saturated rings. The molecule has 0 radical (unpaired) electrons. The molecule has 10 heteroatoms. The predicted octanol–water partition coefficient (Wildman–Crippen LogP) is 5.16. The predicted molar refractivity (Wildman–Crippen MR) is 151 cm³/mol. The highest BCUT2D eigenvalue weighted by atomic mass is 35.5. The average Bonchev–Trinajstić information content (AvgIpc) is 3.56. The first-order chi connectivity index (χ1) is 18.7. The van der Waals surface area contributed by atoms with Crippen LogP contribution in [-0.4, -0.2) is 58.6 Å². The van der Waals surface area contributed by atoms with Crippen LogP contribution >= 0.6 is 11.6 Å². The third-order valence-corrected chi connectivity index (χ3v) is 8.01. The van der Waals surface area contributed by atoms with Crippen molar-refractivity contribution in [3.63, 3.8) is 0 Å². The number of ether oxygens (including phenoxy) is 1. The van der Waals surface area contributed by atoms with Gasteiger partial charge in [0, 0.05) is 47.7 Å². The van der Waals surface area contributed by atoms with E-state index in [-0.39, 0.29) is 37.2 Å². The summed E-state index contributed by atoms with van der Waals surface area (Å²) in [5.41, 5.74) is 2.82. The van der Waals surface area contributed by atoms with Crippen molar-refractivity contribution < 1.29 is 14.3 Å². The number of aromatic nitrogens is 2. The summed E-state index contributed by atoms with van der Waals surface area (Å²) < 4.78 is 5.63. The maximum absolute atomic E-state index is 14.1. The highest BCUT2D eigenvalue weighted by molar-refractivity contribution is 6.31. The Bertz CT molecular complexity index is 1590. The van der Waals surface area contributed by atoms with E-state index in [2.05, 4.69) is 21.7 Å². The van der Waals surface area contributed by atoms with E-state index in [1.807, 2.05) is 38.1 Å². The summed E-state index contributed by atoms with van der Waals surface area (Å²) in [5.74, 6) is -0.0772. The summed E-state index contributed by atoms with van der Waals surface area (Å²) in [6.07, 6.45) is 9.60. The zero-order valence-corrected chi connectivity index (χ0v) is 22.5. The number of fused-ring (bicyclic) bond motifs is 3. The molecule has 2 amide bonds. The zero-order chi connectivity index (χ0) is 27.4. The molecule has 198 valence electrons. The van der Waals surface area contributed by atoms with Crippen LogP contribution < -0.4 is 4.90 Å². The number of pyridine rings is 2. The Morgan fingerprint density at radius 1 is 1.26 bits per heavy atom. The Balaban J connectivity index is 1.35. The Morgan fingerprint density at radius 2 is 2.05 bits per heavy atom. The van der Waals surface area contributed by atoms with Gasteiger partial charge in [0.1, 0.15) is 17.4 Å². The highest BCUT2D eigenvalue weighted by Crippen LogP contribution is 2.49. The van der Waals surface area contributed by atoms with Crippen molar-refractivity contribution in [3.8, 4) is 0 Å². The van der Waals surface area contributed by atoms with Crippen LogP contribution in [0.25, 0.3) is 16.3 Å². The van der Waals surface area contributed by atoms with Gasteiger partial charge in [-0.2, -0.15) is 0 Å². The molecule has 3 aliphatic rings. The minimum absolute atomic E-state index is 0.0772. The summed E-state index contributed by atoms with van der Waals surface area (Å²) >= 11 is 6.25. The van der Waals surface area contributed by atoms with Gasteiger partial charge in [0.15, 0.2) is 0 Å². The SMILES string of the molecule is C=NC=N/C=C(\C)c1c(CN2C(=O)C3(CN(C(=O)OC4(C)CC4)C3)c3ccncc32)ncc2cc(Cl)ccc12. The number of benzene rings is 1. The average molecular weight is 543 g/mol. The number of halogens is 1. The number of amides is 2.